The van der Waals surface area contributed by atoms with Gasteiger partial charge in [0.05, 0.1) is 11.0 Å². The largest absolute Gasteiger partial charge is 0.372 e. The lowest BCUT2D eigenvalue weighted by Gasteiger charge is -2.33. The molecule has 118 valence electrons. The lowest BCUT2D eigenvalue weighted by Crippen LogP contribution is -2.33. The fourth-order valence-electron chi connectivity index (χ4n) is 4.29. The number of aryl methyl sites for hydroxylation is 2. The molecule has 0 amide bonds. The van der Waals surface area contributed by atoms with Gasteiger partial charge in [-0.3, -0.25) is 0 Å². The van der Waals surface area contributed by atoms with Crippen LogP contribution in [0.2, 0.25) is 0 Å². The minimum Gasteiger partial charge on any atom is -0.372 e. The highest BCUT2D eigenvalue weighted by molar-refractivity contribution is 5.85. The van der Waals surface area contributed by atoms with Crippen LogP contribution in [0.4, 0.5) is 5.69 Å². The minimum atomic E-state index is 0.630. The number of hydrogen-bond donors (Lipinski definition) is 1. The first-order valence-corrected chi connectivity index (χ1v) is 8.95. The topological polar surface area (TPSA) is 31.9 Å². The second-order valence-corrected chi connectivity index (χ2v) is 7.33. The molecule has 0 bridgehead atoms. The Morgan fingerprint density at radius 1 is 1.23 bits per heavy atom. The molecule has 1 aromatic heterocycles. The molecule has 0 spiro atoms. The SMILES string of the molecule is CC1CCc2c(ccc3[nH]c(CCC4CCCC4)nc23)N1C. The maximum atomic E-state index is 4.96. The Morgan fingerprint density at radius 2 is 2.05 bits per heavy atom. The predicted octanol–water partition coefficient (Wildman–Crippen LogP) is 4.46. The van der Waals surface area contributed by atoms with E-state index in [0.717, 1.165) is 18.8 Å². The Hall–Kier alpha value is -1.51. The van der Waals surface area contributed by atoms with Crippen LogP contribution in [0, 0.1) is 5.92 Å². The van der Waals surface area contributed by atoms with Gasteiger partial charge < -0.3 is 9.88 Å². The maximum absolute atomic E-state index is 4.96. The molecule has 0 saturated heterocycles. The van der Waals surface area contributed by atoms with Crippen molar-refractivity contribution >= 4 is 16.7 Å². The van der Waals surface area contributed by atoms with Gasteiger partial charge in [0.1, 0.15) is 5.82 Å². The van der Waals surface area contributed by atoms with Crippen LogP contribution >= 0.6 is 0 Å². The van der Waals surface area contributed by atoms with E-state index in [1.807, 2.05) is 0 Å². The second-order valence-electron chi connectivity index (χ2n) is 7.33. The van der Waals surface area contributed by atoms with Crippen molar-refractivity contribution in [2.24, 2.45) is 5.92 Å². The van der Waals surface area contributed by atoms with E-state index < -0.39 is 0 Å². The van der Waals surface area contributed by atoms with Crippen LogP contribution in [0.3, 0.4) is 0 Å². The van der Waals surface area contributed by atoms with E-state index in [0.29, 0.717) is 6.04 Å². The maximum Gasteiger partial charge on any atom is 0.107 e. The minimum absolute atomic E-state index is 0.630. The van der Waals surface area contributed by atoms with Crippen molar-refractivity contribution in [2.75, 3.05) is 11.9 Å². The van der Waals surface area contributed by atoms with Crippen molar-refractivity contribution in [1.82, 2.24) is 9.97 Å². The van der Waals surface area contributed by atoms with Crippen molar-refractivity contribution < 1.29 is 0 Å². The molecule has 3 heteroatoms. The highest BCUT2D eigenvalue weighted by Crippen LogP contribution is 2.34. The normalized spacial score (nSPS) is 22.5. The van der Waals surface area contributed by atoms with Gasteiger partial charge in [0.2, 0.25) is 0 Å². The molecule has 2 aliphatic rings. The number of H-pyrrole nitrogens is 1. The Bertz CT molecular complexity index is 667. The highest BCUT2D eigenvalue weighted by atomic mass is 15.1. The quantitative estimate of drug-likeness (QED) is 0.907. The molecule has 1 aliphatic carbocycles. The van der Waals surface area contributed by atoms with Crippen LogP contribution in [0.15, 0.2) is 12.1 Å². The van der Waals surface area contributed by atoms with Crippen LogP contribution < -0.4 is 4.90 Å². The molecule has 22 heavy (non-hydrogen) atoms. The van der Waals surface area contributed by atoms with E-state index in [1.165, 1.54) is 66.6 Å². The van der Waals surface area contributed by atoms with Gasteiger partial charge in [-0.1, -0.05) is 25.7 Å². The summed E-state index contributed by atoms with van der Waals surface area (Å²) >= 11 is 0. The summed E-state index contributed by atoms with van der Waals surface area (Å²) < 4.78 is 0. The monoisotopic (exact) mass is 297 g/mol. The van der Waals surface area contributed by atoms with Gasteiger partial charge in [0, 0.05) is 30.8 Å². The summed E-state index contributed by atoms with van der Waals surface area (Å²) in [6.45, 7) is 2.31. The zero-order chi connectivity index (χ0) is 15.1. The summed E-state index contributed by atoms with van der Waals surface area (Å²) in [6.07, 6.45) is 10.5. The van der Waals surface area contributed by atoms with E-state index in [1.54, 1.807) is 0 Å². The summed E-state index contributed by atoms with van der Waals surface area (Å²) in [5, 5.41) is 0. The predicted molar refractivity (Wildman–Crippen MR) is 92.6 cm³/mol. The van der Waals surface area contributed by atoms with Gasteiger partial charge in [0.15, 0.2) is 0 Å². The molecule has 1 unspecified atom stereocenters. The van der Waals surface area contributed by atoms with Crippen molar-refractivity contribution in [3.05, 3.63) is 23.5 Å². The van der Waals surface area contributed by atoms with Crippen LogP contribution in [0.25, 0.3) is 11.0 Å². The number of anilines is 1. The van der Waals surface area contributed by atoms with Crippen LogP contribution in [0.5, 0.6) is 0 Å². The molecule has 2 heterocycles. The third-order valence-electron chi connectivity index (χ3n) is 5.90. The van der Waals surface area contributed by atoms with Gasteiger partial charge in [-0.2, -0.15) is 0 Å². The smallest absolute Gasteiger partial charge is 0.107 e. The molecular weight excluding hydrogens is 270 g/mol. The fraction of sp³-hybridized carbons (Fsp3) is 0.632. The van der Waals surface area contributed by atoms with Gasteiger partial charge in [-0.05, 0) is 44.2 Å². The Labute approximate surface area is 133 Å². The zero-order valence-electron chi connectivity index (χ0n) is 13.9. The average molecular weight is 297 g/mol. The van der Waals surface area contributed by atoms with E-state index >= 15 is 0 Å². The van der Waals surface area contributed by atoms with Gasteiger partial charge in [-0.25, -0.2) is 4.98 Å². The number of hydrogen-bond acceptors (Lipinski definition) is 2. The molecule has 1 aromatic carbocycles. The molecule has 0 radical (unpaired) electrons. The number of aromatic nitrogens is 2. The van der Waals surface area contributed by atoms with Gasteiger partial charge in [-0.15, -0.1) is 0 Å². The number of nitrogens with zero attached hydrogens (tertiary/aromatic N) is 2. The summed E-state index contributed by atoms with van der Waals surface area (Å²) in [6, 6.07) is 5.12. The average Bonchev–Trinajstić information content (AvgIpc) is 3.17. The molecule has 3 nitrogen and oxygen atoms in total. The molecule has 1 atom stereocenters. The number of imidazole rings is 1. The first-order chi connectivity index (χ1) is 10.7. The van der Waals surface area contributed by atoms with E-state index in [9.17, 15) is 0 Å². The molecule has 2 aromatic rings. The molecule has 4 rings (SSSR count). The number of aromatic amines is 1. The Kier molecular flexibility index (Phi) is 3.59. The van der Waals surface area contributed by atoms with Gasteiger partial charge in [0.25, 0.3) is 0 Å². The van der Waals surface area contributed by atoms with E-state index in [2.05, 4.69) is 36.0 Å². The molecule has 1 fully saturated rings. The van der Waals surface area contributed by atoms with Crippen LogP contribution in [0.1, 0.15) is 56.8 Å². The molecule has 1 N–H and O–H groups in total. The number of fused-ring (bicyclic) bond motifs is 3. The second kappa shape index (κ2) is 5.60. The molecule has 1 saturated carbocycles. The summed E-state index contributed by atoms with van der Waals surface area (Å²) in [5.41, 5.74) is 5.27. The van der Waals surface area contributed by atoms with Gasteiger partial charge >= 0.3 is 0 Å². The number of benzene rings is 1. The summed E-state index contributed by atoms with van der Waals surface area (Å²) in [4.78, 5) is 10.9. The van der Waals surface area contributed by atoms with E-state index in [-0.39, 0.29) is 0 Å². The van der Waals surface area contributed by atoms with Crippen LogP contribution in [-0.2, 0) is 12.8 Å². The molecular formula is C19H27N3. The summed E-state index contributed by atoms with van der Waals surface area (Å²) in [5.74, 6) is 2.13. The lowest BCUT2D eigenvalue weighted by molar-refractivity contribution is 0.498. The Morgan fingerprint density at radius 3 is 2.86 bits per heavy atom. The number of nitrogens with one attached hydrogen (secondary N) is 1. The fourth-order valence-corrected chi connectivity index (χ4v) is 4.29. The van der Waals surface area contributed by atoms with E-state index in [4.69, 9.17) is 4.98 Å². The van der Waals surface area contributed by atoms with Crippen molar-refractivity contribution in [1.29, 1.82) is 0 Å². The summed E-state index contributed by atoms with van der Waals surface area (Å²) in [7, 11) is 2.21. The Balaban J connectivity index is 1.60. The van der Waals surface area contributed by atoms with Crippen molar-refractivity contribution in [3.63, 3.8) is 0 Å². The standard InChI is InChI=1S/C19H27N3/c1-13-7-9-15-17(22(13)2)11-10-16-19(15)21-18(20-16)12-8-14-5-3-4-6-14/h10-11,13-14H,3-9,12H2,1-2H3,(H,20,21). The third kappa shape index (κ3) is 2.41. The zero-order valence-corrected chi connectivity index (χ0v) is 13.9. The highest BCUT2D eigenvalue weighted by Gasteiger charge is 2.23. The first-order valence-electron chi connectivity index (χ1n) is 8.95. The third-order valence-corrected chi connectivity index (χ3v) is 5.90. The van der Waals surface area contributed by atoms with Crippen molar-refractivity contribution in [3.8, 4) is 0 Å². The first kappa shape index (κ1) is 14.1. The van der Waals surface area contributed by atoms with Crippen LogP contribution in [-0.4, -0.2) is 23.1 Å². The lowest BCUT2D eigenvalue weighted by atomic mass is 9.96. The van der Waals surface area contributed by atoms with Crippen molar-refractivity contribution in [2.45, 2.75) is 64.3 Å². The number of rotatable bonds is 3. The molecule has 1 aliphatic heterocycles.